The smallest absolute Gasteiger partial charge is 0.253 e. The van der Waals surface area contributed by atoms with E-state index in [1.165, 1.54) is 0 Å². The van der Waals surface area contributed by atoms with Gasteiger partial charge in [-0.15, -0.1) is 13.2 Å². The molecule has 2 bridgehead atoms. The summed E-state index contributed by atoms with van der Waals surface area (Å²) in [4.78, 5) is 50.7. The summed E-state index contributed by atoms with van der Waals surface area (Å²) in [6, 6.07) is 20.9. The molecule has 9 heteroatoms. The second-order valence-electron chi connectivity index (χ2n) is 14.6. The Bertz CT molecular complexity index is 1810. The van der Waals surface area contributed by atoms with Crippen molar-refractivity contribution in [3.8, 4) is 5.75 Å². The van der Waals surface area contributed by atoms with Gasteiger partial charge in [0.1, 0.15) is 17.4 Å². The van der Waals surface area contributed by atoms with Gasteiger partial charge in [0.25, 0.3) is 5.91 Å². The van der Waals surface area contributed by atoms with Crippen molar-refractivity contribution in [2.24, 2.45) is 17.8 Å². The number of anilines is 2. The molecule has 0 aliphatic carbocycles. The minimum absolute atomic E-state index is 0.165. The number of aliphatic hydroxyl groups is 1. The highest BCUT2D eigenvalue weighted by Gasteiger charge is 2.80. The van der Waals surface area contributed by atoms with Crippen molar-refractivity contribution in [3.63, 3.8) is 0 Å². The zero-order valence-corrected chi connectivity index (χ0v) is 31.0. The molecule has 1 N–H and O–H groups in total. The lowest BCUT2D eigenvalue weighted by atomic mass is 9.62. The number of carbonyl (C=O) groups excluding carboxylic acids is 3. The predicted octanol–water partition coefficient (Wildman–Crippen LogP) is 6.05. The van der Waals surface area contributed by atoms with Crippen molar-refractivity contribution in [2.75, 3.05) is 36.1 Å². The molecule has 52 heavy (non-hydrogen) atoms. The Morgan fingerprint density at radius 2 is 1.62 bits per heavy atom. The Morgan fingerprint density at radius 3 is 2.21 bits per heavy atom. The van der Waals surface area contributed by atoms with E-state index in [1.54, 1.807) is 26.9 Å². The first kappa shape index (κ1) is 37.0. The molecule has 3 aliphatic heterocycles. The predicted molar refractivity (Wildman–Crippen MR) is 203 cm³/mol. The number of hydrogen-bond acceptors (Lipinski definition) is 6. The molecule has 3 amide bonds. The molecule has 0 radical (unpaired) electrons. The van der Waals surface area contributed by atoms with Gasteiger partial charge < -0.3 is 29.3 Å². The number of ether oxygens (including phenoxy) is 2. The number of fused-ring (bicyclic) bond motifs is 1. The number of para-hydroxylation sites is 1. The molecule has 3 aromatic carbocycles. The molecule has 274 valence electrons. The van der Waals surface area contributed by atoms with E-state index in [9.17, 15) is 5.11 Å². The van der Waals surface area contributed by atoms with Gasteiger partial charge in [-0.25, -0.2) is 0 Å². The first-order valence-corrected chi connectivity index (χ1v) is 18.3. The van der Waals surface area contributed by atoms with E-state index in [1.807, 2.05) is 107 Å². The number of carbonyl (C=O) groups is 3. The third-order valence-corrected chi connectivity index (χ3v) is 11.5. The van der Waals surface area contributed by atoms with Crippen LogP contribution in [-0.2, 0) is 25.5 Å². The summed E-state index contributed by atoms with van der Waals surface area (Å²) < 4.78 is 12.8. The van der Waals surface area contributed by atoms with Gasteiger partial charge in [-0.05, 0) is 87.4 Å². The number of likely N-dealkylation sites (tertiary alicyclic amines) is 1. The van der Waals surface area contributed by atoms with Crippen LogP contribution in [-0.4, -0.2) is 77.3 Å². The maximum absolute atomic E-state index is 15.4. The second-order valence-corrected chi connectivity index (χ2v) is 14.6. The van der Waals surface area contributed by atoms with Crippen LogP contribution >= 0.6 is 0 Å². The van der Waals surface area contributed by atoms with Crippen LogP contribution in [0.4, 0.5) is 11.4 Å². The molecule has 6 rings (SSSR count). The topological polar surface area (TPSA) is 99.6 Å². The number of benzene rings is 3. The SMILES string of the molecule is C=CCN(C(=O)[C@H]1[C@H]2C(=O)N([C@@H](CO)Cc3ccccc3)C(C(=O)N(CC=C)c3c(C)cccc3C)C23CC(C)[C@]1(C)O3)c1ccc(OCC)cc1. The van der Waals surface area contributed by atoms with Gasteiger partial charge in [-0.3, -0.25) is 14.4 Å². The zero-order chi connectivity index (χ0) is 37.4. The quantitative estimate of drug-likeness (QED) is 0.205. The highest BCUT2D eigenvalue weighted by molar-refractivity contribution is 6.07. The number of aryl methyl sites for hydroxylation is 2. The third-order valence-electron chi connectivity index (χ3n) is 11.5. The van der Waals surface area contributed by atoms with Crippen molar-refractivity contribution in [1.82, 2.24) is 4.90 Å². The fourth-order valence-corrected chi connectivity index (χ4v) is 9.17. The van der Waals surface area contributed by atoms with Crippen LogP contribution in [0.15, 0.2) is 98.1 Å². The molecule has 1 spiro atoms. The van der Waals surface area contributed by atoms with Crippen LogP contribution in [0, 0.1) is 31.6 Å². The number of nitrogens with zero attached hydrogens (tertiary/aromatic N) is 3. The molecule has 3 heterocycles. The van der Waals surface area contributed by atoms with Crippen LogP contribution in [0.25, 0.3) is 0 Å². The van der Waals surface area contributed by atoms with Gasteiger partial charge in [0.05, 0.1) is 36.7 Å². The highest BCUT2D eigenvalue weighted by Crippen LogP contribution is 2.66. The second kappa shape index (κ2) is 14.7. The van der Waals surface area contributed by atoms with Gasteiger partial charge >= 0.3 is 0 Å². The van der Waals surface area contributed by atoms with Crippen LogP contribution in [0.5, 0.6) is 5.75 Å². The molecular formula is C43H51N3O6. The minimum Gasteiger partial charge on any atom is -0.494 e. The van der Waals surface area contributed by atoms with E-state index in [-0.39, 0.29) is 43.3 Å². The number of hydrogen-bond donors (Lipinski definition) is 1. The molecule has 3 saturated heterocycles. The van der Waals surface area contributed by atoms with Crippen molar-refractivity contribution < 1.29 is 29.0 Å². The lowest BCUT2D eigenvalue weighted by Crippen LogP contribution is -2.59. The van der Waals surface area contributed by atoms with Gasteiger partial charge in [-0.2, -0.15) is 0 Å². The van der Waals surface area contributed by atoms with Gasteiger partial charge in [0, 0.05) is 24.5 Å². The van der Waals surface area contributed by atoms with E-state index in [2.05, 4.69) is 13.2 Å². The van der Waals surface area contributed by atoms with Crippen LogP contribution in [0.2, 0.25) is 0 Å². The van der Waals surface area contributed by atoms with Crippen LogP contribution in [0.1, 0.15) is 43.9 Å². The minimum atomic E-state index is -1.32. The Labute approximate surface area is 307 Å². The molecule has 3 aromatic rings. The molecule has 9 nitrogen and oxygen atoms in total. The summed E-state index contributed by atoms with van der Waals surface area (Å²) >= 11 is 0. The van der Waals surface area contributed by atoms with Gasteiger partial charge in [0.15, 0.2) is 0 Å². The maximum Gasteiger partial charge on any atom is 0.253 e. The van der Waals surface area contributed by atoms with Crippen molar-refractivity contribution in [3.05, 3.63) is 115 Å². The Morgan fingerprint density at radius 1 is 0.981 bits per heavy atom. The first-order valence-electron chi connectivity index (χ1n) is 18.3. The zero-order valence-electron chi connectivity index (χ0n) is 31.0. The van der Waals surface area contributed by atoms with E-state index >= 15 is 14.4 Å². The molecule has 3 aliphatic rings. The number of rotatable bonds is 14. The Kier molecular flexibility index (Phi) is 10.5. The van der Waals surface area contributed by atoms with Gasteiger partial charge in [0.2, 0.25) is 11.8 Å². The average molecular weight is 706 g/mol. The average Bonchev–Trinajstić information content (AvgIpc) is 3.65. The van der Waals surface area contributed by atoms with E-state index < -0.39 is 35.1 Å². The first-order chi connectivity index (χ1) is 25.0. The van der Waals surface area contributed by atoms with E-state index in [4.69, 9.17) is 9.47 Å². The molecule has 3 fully saturated rings. The summed E-state index contributed by atoms with van der Waals surface area (Å²) in [5, 5.41) is 11.0. The summed E-state index contributed by atoms with van der Waals surface area (Å²) in [7, 11) is 0. The maximum atomic E-state index is 15.4. The number of amides is 3. The fourth-order valence-electron chi connectivity index (χ4n) is 9.17. The van der Waals surface area contributed by atoms with Crippen molar-refractivity contribution in [2.45, 2.75) is 70.7 Å². The molecule has 0 saturated carbocycles. The summed E-state index contributed by atoms with van der Waals surface area (Å²) in [5.41, 5.74) is 1.76. The van der Waals surface area contributed by atoms with Crippen molar-refractivity contribution in [1.29, 1.82) is 0 Å². The molecule has 3 unspecified atom stereocenters. The number of aliphatic hydroxyl groups excluding tert-OH is 1. The van der Waals surface area contributed by atoms with E-state index in [0.717, 1.165) is 22.4 Å². The van der Waals surface area contributed by atoms with Crippen molar-refractivity contribution >= 4 is 29.1 Å². The van der Waals surface area contributed by atoms with Gasteiger partial charge in [-0.1, -0.05) is 67.6 Å². The molecule has 0 aromatic heterocycles. The largest absolute Gasteiger partial charge is 0.494 e. The van der Waals surface area contributed by atoms with E-state index in [0.29, 0.717) is 30.9 Å². The standard InChI is InChI=1S/C43H51N3O6/c1-8-23-44(32-19-21-34(22-20-32)51-10-3)39(48)35-36-40(49)46(33(27-47)25-31-17-12-11-13-18-31)38(43(36)26-30(6)42(35,7)52-43)41(50)45(24-9-2)37-28(4)15-14-16-29(37)5/h8-9,11-22,30,33,35-36,38,47H,1-2,10,23-27H2,3-7H3/t30?,33-,35-,36+,38?,42+,43?/m1/s1. The highest BCUT2D eigenvalue weighted by atomic mass is 16.5. The Hall–Kier alpha value is -4.73. The molecular weight excluding hydrogens is 654 g/mol. The van der Waals surface area contributed by atoms with Crippen LogP contribution < -0.4 is 14.5 Å². The molecule has 7 atom stereocenters. The fraction of sp³-hybridized carbons (Fsp3) is 0.419. The lowest BCUT2D eigenvalue weighted by Gasteiger charge is -2.40. The van der Waals surface area contributed by atoms with Crippen LogP contribution in [0.3, 0.4) is 0 Å². The third kappa shape index (κ3) is 6.03. The normalized spacial score (nSPS) is 26.5. The summed E-state index contributed by atoms with van der Waals surface area (Å²) in [5.74, 6) is -2.29. The lowest BCUT2D eigenvalue weighted by molar-refractivity contribution is -0.149. The Balaban J connectivity index is 1.50. The monoisotopic (exact) mass is 705 g/mol. The summed E-state index contributed by atoms with van der Waals surface area (Å²) in [6.07, 6.45) is 4.07. The summed E-state index contributed by atoms with van der Waals surface area (Å²) in [6.45, 7) is 18.2.